The van der Waals surface area contributed by atoms with Crippen LogP contribution in [0.15, 0.2) is 9.47 Å². The van der Waals surface area contributed by atoms with Crippen molar-refractivity contribution in [1.82, 2.24) is 4.58 Å². The molecule has 0 fully saturated rings. The molecule has 0 unspecified atom stereocenters. The molecule has 3 N–H and O–H groups in total. The van der Waals surface area contributed by atoms with Crippen molar-refractivity contribution in [2.24, 2.45) is 4.99 Å². The summed E-state index contributed by atoms with van der Waals surface area (Å²) in [5, 5.41) is 12.0. The predicted molar refractivity (Wildman–Crippen MR) is 75.5 cm³/mol. The van der Waals surface area contributed by atoms with E-state index in [-0.39, 0.29) is 5.75 Å². The summed E-state index contributed by atoms with van der Waals surface area (Å²) < 4.78 is 3.67. The third-order valence-corrected chi connectivity index (χ3v) is 4.70. The minimum absolute atomic E-state index is 0.0536. The number of rotatable bonds is 0. The average molecular weight is 360 g/mol. The quantitative estimate of drug-likeness (QED) is 0.410. The number of nitrogen functional groups attached to an aromatic ring is 1. The zero-order valence-corrected chi connectivity index (χ0v) is 12.3. The van der Waals surface area contributed by atoms with E-state index in [1.807, 2.05) is 7.05 Å². The Morgan fingerprint density at radius 1 is 1.41 bits per heavy atom. The van der Waals surface area contributed by atoms with Gasteiger partial charge in [-0.05, 0) is 31.9 Å². The molecule has 0 amide bonds. The van der Waals surface area contributed by atoms with Crippen LogP contribution >= 0.6 is 31.9 Å². The van der Waals surface area contributed by atoms with E-state index in [4.69, 9.17) is 5.73 Å². The standard InChI is InChI=1S/C11H9Br2N3O/c1-16-3-2-4-5-8(15-11(4)13)10(17)7(14)6(12)9(5)16/h2-3H2,1H3,(H2,14,15,17)/p+1. The van der Waals surface area contributed by atoms with Gasteiger partial charge in [0, 0.05) is 12.0 Å². The first-order valence-electron chi connectivity index (χ1n) is 5.18. The maximum Gasteiger partial charge on any atom is 0.226 e. The Balaban J connectivity index is 2.67. The second-order valence-electron chi connectivity index (χ2n) is 4.20. The number of phenolic OH excluding ortho intramolecular Hbond substituents is 1. The van der Waals surface area contributed by atoms with E-state index >= 15 is 0 Å². The lowest BCUT2D eigenvalue weighted by Gasteiger charge is -2.09. The monoisotopic (exact) mass is 358 g/mol. The van der Waals surface area contributed by atoms with Gasteiger partial charge in [0.15, 0.2) is 5.75 Å². The minimum Gasteiger partial charge on any atom is -0.504 e. The van der Waals surface area contributed by atoms with Crippen molar-refractivity contribution in [3.8, 4) is 5.75 Å². The maximum absolute atomic E-state index is 10.1. The second-order valence-corrected chi connectivity index (χ2v) is 5.75. The summed E-state index contributed by atoms with van der Waals surface area (Å²) >= 11 is 6.90. The summed E-state index contributed by atoms with van der Waals surface area (Å²) in [5.74, 6) is 0.0536. The molecule has 0 saturated heterocycles. The van der Waals surface area contributed by atoms with E-state index in [1.165, 1.54) is 0 Å². The van der Waals surface area contributed by atoms with Crippen LogP contribution in [0.25, 0.3) is 5.57 Å². The lowest BCUT2D eigenvalue weighted by Crippen LogP contribution is -2.44. The first-order valence-corrected chi connectivity index (χ1v) is 6.76. The van der Waals surface area contributed by atoms with E-state index < -0.39 is 0 Å². The largest absolute Gasteiger partial charge is 0.504 e. The molecular formula is C11H10Br2N3O+. The lowest BCUT2D eigenvalue weighted by atomic mass is 10.1. The van der Waals surface area contributed by atoms with E-state index in [0.29, 0.717) is 11.4 Å². The van der Waals surface area contributed by atoms with Gasteiger partial charge in [0.2, 0.25) is 5.36 Å². The summed E-state index contributed by atoms with van der Waals surface area (Å²) in [5.41, 5.74) is 7.96. The lowest BCUT2D eigenvalue weighted by molar-refractivity contribution is 0.478. The van der Waals surface area contributed by atoms with Crippen LogP contribution < -0.4 is 20.9 Å². The molecule has 1 aromatic rings. The summed E-state index contributed by atoms with van der Waals surface area (Å²) in [6, 6.07) is 0. The average Bonchev–Trinajstić information content (AvgIpc) is 2.63. The Morgan fingerprint density at radius 3 is 2.82 bits per heavy atom. The fraction of sp³-hybridized carbons (Fsp3) is 0.273. The van der Waals surface area contributed by atoms with Crippen molar-refractivity contribution in [2.45, 2.75) is 6.42 Å². The van der Waals surface area contributed by atoms with Gasteiger partial charge in [-0.1, -0.05) is 0 Å². The topological polar surface area (TPSA) is 61.6 Å². The molecule has 6 heteroatoms. The number of aromatic hydroxyl groups is 1. The van der Waals surface area contributed by atoms with Gasteiger partial charge < -0.3 is 10.8 Å². The van der Waals surface area contributed by atoms with Gasteiger partial charge in [0.1, 0.15) is 28.4 Å². The van der Waals surface area contributed by atoms with E-state index in [0.717, 1.165) is 38.2 Å². The molecule has 4 nitrogen and oxygen atoms in total. The van der Waals surface area contributed by atoms with Crippen molar-refractivity contribution < 1.29 is 5.11 Å². The highest BCUT2D eigenvalue weighted by atomic mass is 79.9. The van der Waals surface area contributed by atoms with Crippen molar-refractivity contribution in [2.75, 3.05) is 19.3 Å². The number of phenols is 1. The fourth-order valence-electron chi connectivity index (χ4n) is 2.34. The van der Waals surface area contributed by atoms with Crippen molar-refractivity contribution >= 4 is 53.4 Å². The third-order valence-electron chi connectivity index (χ3n) is 3.24. The van der Waals surface area contributed by atoms with Crippen LogP contribution in [0, 0.1) is 0 Å². The molecular weight excluding hydrogens is 350 g/mol. The summed E-state index contributed by atoms with van der Waals surface area (Å²) in [6.07, 6.45) is 0.913. The molecule has 0 atom stereocenters. The Hall–Kier alpha value is -0.880. The van der Waals surface area contributed by atoms with Crippen LogP contribution in [0.5, 0.6) is 5.75 Å². The number of halogens is 2. The third kappa shape index (κ3) is 1.34. The van der Waals surface area contributed by atoms with Gasteiger partial charge in [-0.3, -0.25) is 0 Å². The zero-order valence-electron chi connectivity index (χ0n) is 9.09. The minimum atomic E-state index is 0.0536. The maximum atomic E-state index is 10.1. The normalized spacial score (nSPS) is 17.2. The number of hydrogen-bond donors (Lipinski definition) is 2. The van der Waals surface area contributed by atoms with Gasteiger partial charge >= 0.3 is 0 Å². The molecule has 0 bridgehead atoms. The van der Waals surface area contributed by atoms with E-state index in [9.17, 15) is 5.11 Å². The molecule has 1 aromatic carbocycles. The number of aliphatic imine (C=N–C) groups is 1. The van der Waals surface area contributed by atoms with Gasteiger partial charge in [-0.2, -0.15) is 0 Å². The summed E-state index contributed by atoms with van der Waals surface area (Å²) in [4.78, 5) is 4.36. The smallest absolute Gasteiger partial charge is 0.226 e. The van der Waals surface area contributed by atoms with Crippen molar-refractivity contribution in [1.29, 1.82) is 0 Å². The number of nitrogens with zero attached hydrogens (tertiary/aromatic N) is 2. The Bertz CT molecular complexity index is 707. The van der Waals surface area contributed by atoms with E-state index in [2.05, 4.69) is 41.4 Å². The molecule has 2 aliphatic rings. The van der Waals surface area contributed by atoms with Crippen molar-refractivity contribution in [3.05, 3.63) is 15.0 Å². The van der Waals surface area contributed by atoms with Gasteiger partial charge in [0.05, 0.1) is 10.9 Å². The molecule has 3 rings (SSSR count). The van der Waals surface area contributed by atoms with Crippen LogP contribution in [-0.2, 0) is 0 Å². The molecule has 17 heavy (non-hydrogen) atoms. The molecule has 2 aliphatic heterocycles. The first-order chi connectivity index (χ1) is 8.02. The van der Waals surface area contributed by atoms with Crippen LogP contribution in [-0.4, -0.2) is 23.3 Å². The SMILES string of the molecule is C[N+]1=c2c(Br)c(N)c(O)c3c2=C(CC1)C(Br)=N3. The molecule has 0 spiro atoms. The molecule has 0 aromatic heterocycles. The molecule has 2 heterocycles. The highest BCUT2D eigenvalue weighted by molar-refractivity contribution is 9.18. The number of nitrogens with two attached hydrogens (primary N) is 1. The number of hydrogen-bond acceptors (Lipinski definition) is 3. The second kappa shape index (κ2) is 3.55. The summed E-state index contributed by atoms with van der Waals surface area (Å²) in [7, 11) is 2.01. The molecule has 88 valence electrons. The Labute approximate surface area is 114 Å². The number of anilines is 1. The van der Waals surface area contributed by atoms with Crippen molar-refractivity contribution in [3.63, 3.8) is 0 Å². The van der Waals surface area contributed by atoms with Crippen LogP contribution in [0.4, 0.5) is 11.4 Å². The van der Waals surface area contributed by atoms with Gasteiger partial charge in [-0.15, -0.1) is 0 Å². The van der Waals surface area contributed by atoms with Crippen LogP contribution in [0.3, 0.4) is 0 Å². The van der Waals surface area contributed by atoms with Crippen LogP contribution in [0.1, 0.15) is 6.42 Å². The molecule has 0 radical (unpaired) electrons. The fourth-order valence-corrected chi connectivity index (χ4v) is 3.60. The molecule has 0 aliphatic carbocycles. The zero-order chi connectivity index (χ0) is 12.3. The highest BCUT2D eigenvalue weighted by Crippen LogP contribution is 2.37. The van der Waals surface area contributed by atoms with Gasteiger partial charge in [0.25, 0.3) is 0 Å². The van der Waals surface area contributed by atoms with E-state index in [1.54, 1.807) is 0 Å². The first kappa shape index (κ1) is 11.2. The Kier molecular flexibility index (Phi) is 2.35. The van der Waals surface area contributed by atoms with Crippen LogP contribution in [0.2, 0.25) is 0 Å². The van der Waals surface area contributed by atoms with Gasteiger partial charge in [-0.25, -0.2) is 9.57 Å². The number of benzene rings is 1. The summed E-state index contributed by atoms with van der Waals surface area (Å²) in [6.45, 7) is 0.912. The Morgan fingerprint density at radius 2 is 2.12 bits per heavy atom. The molecule has 0 saturated carbocycles. The predicted octanol–water partition coefficient (Wildman–Crippen LogP) is 0.851. The highest BCUT2D eigenvalue weighted by Gasteiger charge is 2.29.